The van der Waals surface area contributed by atoms with Gasteiger partial charge >= 0.3 is 0 Å². The minimum absolute atomic E-state index is 0.0246. The van der Waals surface area contributed by atoms with Crippen LogP contribution < -0.4 is 0 Å². The number of hydrogen-bond acceptors (Lipinski definition) is 0. The van der Waals surface area contributed by atoms with Gasteiger partial charge in [-0.1, -0.05) is 121 Å². The number of aromatic amines is 4. The van der Waals surface area contributed by atoms with Gasteiger partial charge in [0.05, 0.1) is 23.7 Å². The molecule has 0 spiro atoms. The Morgan fingerprint density at radius 3 is 0.518 bits per heavy atom. The second-order valence-electron chi connectivity index (χ2n) is 16.2. The lowest BCUT2D eigenvalue weighted by Crippen LogP contribution is -2.12. The molecular formula is C52H52N4. The zero-order valence-corrected chi connectivity index (χ0v) is 33.9. The number of aromatic nitrogens is 4. The Morgan fingerprint density at radius 1 is 0.232 bits per heavy atom. The predicted molar refractivity (Wildman–Crippen MR) is 231 cm³/mol. The van der Waals surface area contributed by atoms with Crippen LogP contribution in [0.1, 0.15) is 136 Å². The van der Waals surface area contributed by atoms with Gasteiger partial charge in [0.15, 0.2) is 0 Å². The maximum absolute atomic E-state index is 4.18. The number of fused-ring (bicyclic) bond motifs is 8. The molecule has 4 heteroatoms. The molecule has 4 aromatic carbocycles. The van der Waals surface area contributed by atoms with Crippen LogP contribution in [0.25, 0.3) is 0 Å². The molecule has 0 saturated heterocycles. The fraction of sp³-hybridized carbons (Fsp3) is 0.231. The highest BCUT2D eigenvalue weighted by Crippen LogP contribution is 2.47. The molecule has 4 nitrogen and oxygen atoms in total. The second kappa shape index (κ2) is 13.9. The lowest BCUT2D eigenvalue weighted by Gasteiger charge is -2.22. The van der Waals surface area contributed by atoms with Crippen molar-refractivity contribution in [3.05, 3.63) is 234 Å². The lowest BCUT2D eigenvalue weighted by atomic mass is 9.86. The van der Waals surface area contributed by atoms with E-state index in [1.165, 1.54) is 112 Å². The molecule has 1 aliphatic rings. The number of rotatable bonds is 4. The predicted octanol–water partition coefficient (Wildman–Crippen LogP) is 12.5. The van der Waals surface area contributed by atoms with Crippen molar-refractivity contribution in [1.29, 1.82) is 0 Å². The monoisotopic (exact) mass is 732 g/mol. The molecule has 0 radical (unpaired) electrons. The maximum Gasteiger partial charge on any atom is 0.0647 e. The standard InChI is InChI=1S/C52H52N4/c1-29-30(2)46-42(38-23-15-10-16-24-38)48-33(5)34(6)50(55-48)44(40-27-19-12-20-28-40)52-36(8)35(7)51(56-52)43(39-25-17-11-18-26-39)49-32(4)31(3)47(54-49)41(45(29)53-46)37-21-13-9-14-22-37/h9-28,41-44,53-56H,1-8H3. The first-order valence-electron chi connectivity index (χ1n) is 20.1. The van der Waals surface area contributed by atoms with E-state index in [-0.39, 0.29) is 23.7 Å². The topological polar surface area (TPSA) is 63.2 Å². The van der Waals surface area contributed by atoms with Crippen LogP contribution in [0.4, 0.5) is 0 Å². The number of benzene rings is 4. The SMILES string of the molecule is Cc1c2[nH]c(c1C)C(c1ccccc1)c1[nH]c(c(C)c1C)C(c1ccccc1)c1[nH]c(c(C)c1C)C(c1ccccc1)c1[nH]c(c(C)c1C)C2c1ccccc1. The Bertz CT molecular complexity index is 2190. The van der Waals surface area contributed by atoms with Crippen molar-refractivity contribution in [2.24, 2.45) is 0 Å². The molecule has 56 heavy (non-hydrogen) atoms. The quantitative estimate of drug-likeness (QED) is 0.139. The Morgan fingerprint density at radius 2 is 0.375 bits per heavy atom. The van der Waals surface area contributed by atoms with Crippen molar-refractivity contribution < 1.29 is 0 Å². The molecular weight excluding hydrogens is 681 g/mol. The molecule has 4 N–H and O–H groups in total. The molecule has 1 aliphatic heterocycles. The van der Waals surface area contributed by atoms with Crippen LogP contribution >= 0.6 is 0 Å². The average molecular weight is 733 g/mol. The van der Waals surface area contributed by atoms with Crippen molar-refractivity contribution in [2.75, 3.05) is 0 Å². The molecule has 0 amide bonds. The van der Waals surface area contributed by atoms with Crippen LogP contribution in [0.3, 0.4) is 0 Å². The first-order valence-corrected chi connectivity index (χ1v) is 20.1. The van der Waals surface area contributed by atoms with E-state index < -0.39 is 0 Å². The molecule has 280 valence electrons. The van der Waals surface area contributed by atoms with Crippen molar-refractivity contribution in [2.45, 2.75) is 79.1 Å². The third-order valence-electron chi connectivity index (χ3n) is 13.4. The van der Waals surface area contributed by atoms with E-state index in [1.54, 1.807) is 0 Å². The van der Waals surface area contributed by atoms with Gasteiger partial charge in [0.25, 0.3) is 0 Å². The van der Waals surface area contributed by atoms with E-state index in [0.717, 1.165) is 0 Å². The third-order valence-corrected chi connectivity index (χ3v) is 13.4. The summed E-state index contributed by atoms with van der Waals surface area (Å²) in [7, 11) is 0. The molecule has 4 aromatic heterocycles. The summed E-state index contributed by atoms with van der Waals surface area (Å²) < 4.78 is 0. The zero-order chi connectivity index (χ0) is 38.8. The van der Waals surface area contributed by atoms with Crippen LogP contribution in [0.15, 0.2) is 121 Å². The number of H-pyrrole nitrogens is 4. The molecule has 8 bridgehead atoms. The highest BCUT2D eigenvalue weighted by Gasteiger charge is 2.36. The van der Waals surface area contributed by atoms with Crippen LogP contribution in [0, 0.1) is 55.4 Å². The Kier molecular flexibility index (Phi) is 8.88. The van der Waals surface area contributed by atoms with Gasteiger partial charge < -0.3 is 19.9 Å². The van der Waals surface area contributed by atoms with E-state index in [1.807, 2.05) is 0 Å². The molecule has 9 rings (SSSR count). The molecule has 0 atom stereocenters. The van der Waals surface area contributed by atoms with Crippen molar-refractivity contribution in [3.8, 4) is 0 Å². The summed E-state index contributed by atoms with van der Waals surface area (Å²) in [6, 6.07) is 44.2. The summed E-state index contributed by atoms with van der Waals surface area (Å²) in [5.74, 6) is -0.0986. The fourth-order valence-corrected chi connectivity index (χ4v) is 9.75. The van der Waals surface area contributed by atoms with E-state index >= 15 is 0 Å². The van der Waals surface area contributed by atoms with Gasteiger partial charge in [0.1, 0.15) is 0 Å². The fourth-order valence-electron chi connectivity index (χ4n) is 9.75. The van der Waals surface area contributed by atoms with E-state index in [4.69, 9.17) is 0 Å². The van der Waals surface area contributed by atoms with Crippen LogP contribution in [-0.4, -0.2) is 19.9 Å². The highest BCUT2D eigenvalue weighted by molar-refractivity contribution is 5.59. The first-order chi connectivity index (χ1) is 27.2. The van der Waals surface area contributed by atoms with Gasteiger partial charge in [0, 0.05) is 45.6 Å². The largest absolute Gasteiger partial charge is 0.360 e. The third kappa shape index (κ3) is 5.57. The number of hydrogen-bond donors (Lipinski definition) is 4. The minimum Gasteiger partial charge on any atom is -0.360 e. The average Bonchev–Trinajstić information content (AvgIpc) is 3.89. The zero-order valence-electron chi connectivity index (χ0n) is 33.9. The molecule has 8 aromatic rings. The van der Waals surface area contributed by atoms with Crippen molar-refractivity contribution in [1.82, 2.24) is 19.9 Å². The van der Waals surface area contributed by atoms with E-state index in [0.29, 0.717) is 0 Å². The summed E-state index contributed by atoms with van der Waals surface area (Å²) in [6.45, 7) is 18.5. The smallest absolute Gasteiger partial charge is 0.0647 e. The van der Waals surface area contributed by atoms with Gasteiger partial charge in [-0.15, -0.1) is 0 Å². The summed E-state index contributed by atoms with van der Waals surface area (Å²) >= 11 is 0. The first kappa shape index (κ1) is 35.7. The molecule has 0 aliphatic carbocycles. The summed E-state index contributed by atoms with van der Waals surface area (Å²) in [5.41, 5.74) is 25.4. The van der Waals surface area contributed by atoms with E-state index in [9.17, 15) is 0 Å². The van der Waals surface area contributed by atoms with Crippen LogP contribution in [0.5, 0.6) is 0 Å². The van der Waals surface area contributed by atoms with Crippen molar-refractivity contribution >= 4 is 0 Å². The summed E-state index contributed by atoms with van der Waals surface area (Å²) in [5, 5.41) is 0. The Balaban J connectivity index is 1.43. The van der Waals surface area contributed by atoms with Gasteiger partial charge in [-0.2, -0.15) is 0 Å². The lowest BCUT2D eigenvalue weighted by molar-refractivity contribution is 0.802. The molecule has 0 fully saturated rings. The Labute approximate surface area is 331 Å². The number of nitrogens with one attached hydrogen (secondary N) is 4. The van der Waals surface area contributed by atoms with Crippen molar-refractivity contribution in [3.63, 3.8) is 0 Å². The van der Waals surface area contributed by atoms with E-state index in [2.05, 4.69) is 197 Å². The molecule has 5 heterocycles. The summed E-state index contributed by atoms with van der Waals surface area (Å²) in [6.07, 6.45) is 0. The molecule has 0 saturated carbocycles. The van der Waals surface area contributed by atoms with Gasteiger partial charge in [0.2, 0.25) is 0 Å². The van der Waals surface area contributed by atoms with Crippen LogP contribution in [-0.2, 0) is 0 Å². The maximum atomic E-state index is 4.18. The van der Waals surface area contributed by atoms with Crippen LogP contribution in [0.2, 0.25) is 0 Å². The normalized spacial score (nSPS) is 18.0. The summed E-state index contributed by atoms with van der Waals surface area (Å²) in [4.78, 5) is 16.7. The molecule has 0 unspecified atom stereocenters. The van der Waals surface area contributed by atoms with Gasteiger partial charge in [-0.25, -0.2) is 0 Å². The van der Waals surface area contributed by atoms with Gasteiger partial charge in [-0.3, -0.25) is 0 Å². The highest BCUT2D eigenvalue weighted by atomic mass is 14.9. The Hall–Kier alpha value is -6.00. The minimum atomic E-state index is -0.0246. The second-order valence-corrected chi connectivity index (χ2v) is 16.2. The van der Waals surface area contributed by atoms with Gasteiger partial charge in [-0.05, 0) is 122 Å².